The van der Waals surface area contributed by atoms with Crippen LogP contribution < -0.4 is 19.7 Å². The zero-order chi connectivity index (χ0) is 24.2. The third kappa shape index (κ3) is 5.27. The van der Waals surface area contributed by atoms with E-state index in [4.69, 9.17) is 9.47 Å². The minimum absolute atomic E-state index is 0.0382. The SMILES string of the molecule is COc1ccc2c(c1)CC(C(=O)Nc1ccc(-c3cn[nH]c3)cc1N(C)CCN1CCCC1)CO2. The van der Waals surface area contributed by atoms with Gasteiger partial charge in [0.2, 0.25) is 5.91 Å². The van der Waals surface area contributed by atoms with E-state index >= 15 is 0 Å². The van der Waals surface area contributed by atoms with Crippen LogP contribution in [-0.2, 0) is 11.2 Å². The van der Waals surface area contributed by atoms with Crippen molar-refractivity contribution in [3.05, 3.63) is 54.4 Å². The molecule has 2 aliphatic heterocycles. The van der Waals surface area contributed by atoms with Crippen LogP contribution in [0.5, 0.6) is 11.5 Å². The number of methoxy groups -OCH3 is 1. The van der Waals surface area contributed by atoms with Crippen LogP contribution >= 0.6 is 0 Å². The predicted octanol–water partition coefficient (Wildman–Crippen LogP) is 3.81. The summed E-state index contributed by atoms with van der Waals surface area (Å²) in [6.07, 6.45) is 6.86. The van der Waals surface area contributed by atoms with Crippen molar-refractivity contribution >= 4 is 17.3 Å². The number of fused-ring (bicyclic) bond motifs is 1. The topological polar surface area (TPSA) is 82.7 Å². The van der Waals surface area contributed by atoms with E-state index in [-0.39, 0.29) is 11.8 Å². The Balaban J connectivity index is 1.34. The van der Waals surface area contributed by atoms with Crippen molar-refractivity contribution in [3.8, 4) is 22.6 Å². The molecule has 2 aromatic carbocycles. The molecule has 3 aromatic rings. The number of carbonyl (C=O) groups is 1. The van der Waals surface area contributed by atoms with Crippen LogP contribution in [0.2, 0.25) is 0 Å². The van der Waals surface area contributed by atoms with E-state index in [1.165, 1.54) is 25.9 Å². The Hall–Kier alpha value is -3.52. The number of nitrogens with one attached hydrogen (secondary N) is 2. The van der Waals surface area contributed by atoms with E-state index in [2.05, 4.69) is 38.4 Å². The van der Waals surface area contributed by atoms with Crippen molar-refractivity contribution in [3.63, 3.8) is 0 Å². The fraction of sp³-hybridized carbons (Fsp3) is 0.407. The first kappa shape index (κ1) is 23.2. The van der Waals surface area contributed by atoms with Gasteiger partial charge in [0.05, 0.1) is 30.6 Å². The number of likely N-dealkylation sites (N-methyl/N-ethyl adjacent to an activating group) is 1. The van der Waals surface area contributed by atoms with Crippen molar-refractivity contribution in [2.45, 2.75) is 19.3 Å². The van der Waals surface area contributed by atoms with Gasteiger partial charge >= 0.3 is 0 Å². The summed E-state index contributed by atoms with van der Waals surface area (Å²) in [5.74, 6) is 1.28. The fourth-order valence-corrected chi connectivity index (χ4v) is 4.86. The number of benzene rings is 2. The minimum Gasteiger partial charge on any atom is -0.497 e. The third-order valence-corrected chi connectivity index (χ3v) is 6.99. The van der Waals surface area contributed by atoms with Gasteiger partial charge in [-0.05, 0) is 73.8 Å². The molecule has 2 N–H and O–H groups in total. The molecule has 1 saturated heterocycles. The molecule has 1 unspecified atom stereocenters. The fourth-order valence-electron chi connectivity index (χ4n) is 4.86. The lowest BCUT2D eigenvalue weighted by Gasteiger charge is -2.28. The van der Waals surface area contributed by atoms with E-state index in [1.807, 2.05) is 42.7 Å². The summed E-state index contributed by atoms with van der Waals surface area (Å²) in [6, 6.07) is 11.9. The monoisotopic (exact) mass is 475 g/mol. The normalized spacial score (nSPS) is 17.5. The van der Waals surface area contributed by atoms with E-state index in [0.717, 1.165) is 52.7 Å². The van der Waals surface area contributed by atoms with Crippen LogP contribution in [0.4, 0.5) is 11.4 Å². The maximum atomic E-state index is 13.3. The number of H-pyrrole nitrogens is 1. The molecular formula is C27H33N5O3. The molecule has 0 bridgehead atoms. The van der Waals surface area contributed by atoms with Gasteiger partial charge in [-0.3, -0.25) is 9.89 Å². The second-order valence-corrected chi connectivity index (χ2v) is 9.36. The number of aromatic amines is 1. The molecule has 5 rings (SSSR count). The lowest BCUT2D eigenvalue weighted by atomic mass is 9.95. The van der Waals surface area contributed by atoms with Crippen LogP contribution in [0.1, 0.15) is 18.4 Å². The Morgan fingerprint density at radius 2 is 2.09 bits per heavy atom. The molecule has 1 fully saturated rings. The summed E-state index contributed by atoms with van der Waals surface area (Å²) in [7, 11) is 3.73. The van der Waals surface area contributed by atoms with Gasteiger partial charge in [-0.15, -0.1) is 0 Å². The van der Waals surface area contributed by atoms with E-state index in [0.29, 0.717) is 13.0 Å². The second kappa shape index (κ2) is 10.4. The zero-order valence-corrected chi connectivity index (χ0v) is 20.4. The molecule has 35 heavy (non-hydrogen) atoms. The average molecular weight is 476 g/mol. The van der Waals surface area contributed by atoms with Gasteiger partial charge in [-0.1, -0.05) is 6.07 Å². The third-order valence-electron chi connectivity index (χ3n) is 6.99. The molecule has 8 nitrogen and oxygen atoms in total. The number of nitrogens with zero attached hydrogens (tertiary/aromatic N) is 3. The first-order chi connectivity index (χ1) is 17.1. The zero-order valence-electron chi connectivity index (χ0n) is 20.4. The van der Waals surface area contributed by atoms with Gasteiger partial charge in [0.25, 0.3) is 0 Å². The number of ether oxygens (including phenoxy) is 2. The molecular weight excluding hydrogens is 442 g/mol. The van der Waals surface area contributed by atoms with Crippen molar-refractivity contribution < 1.29 is 14.3 Å². The summed E-state index contributed by atoms with van der Waals surface area (Å²) in [4.78, 5) is 18.1. The summed E-state index contributed by atoms with van der Waals surface area (Å²) >= 11 is 0. The highest BCUT2D eigenvalue weighted by atomic mass is 16.5. The van der Waals surface area contributed by atoms with Gasteiger partial charge in [0.15, 0.2) is 0 Å². The Bertz CT molecular complexity index is 1160. The van der Waals surface area contributed by atoms with Crippen LogP contribution in [0, 0.1) is 5.92 Å². The highest BCUT2D eigenvalue weighted by Gasteiger charge is 2.27. The number of carbonyl (C=O) groups excluding carboxylic acids is 1. The molecule has 0 spiro atoms. The van der Waals surface area contributed by atoms with Crippen LogP contribution in [-0.4, -0.2) is 67.9 Å². The predicted molar refractivity (Wildman–Crippen MR) is 137 cm³/mol. The first-order valence-electron chi connectivity index (χ1n) is 12.3. The van der Waals surface area contributed by atoms with E-state index in [9.17, 15) is 4.79 Å². The molecule has 2 aliphatic rings. The van der Waals surface area contributed by atoms with Gasteiger partial charge < -0.3 is 24.6 Å². The maximum absolute atomic E-state index is 13.3. The molecule has 1 aromatic heterocycles. The van der Waals surface area contributed by atoms with Gasteiger partial charge in [-0.25, -0.2) is 0 Å². The van der Waals surface area contributed by atoms with Crippen LogP contribution in [0.25, 0.3) is 11.1 Å². The highest BCUT2D eigenvalue weighted by Crippen LogP contribution is 2.34. The second-order valence-electron chi connectivity index (χ2n) is 9.36. The molecule has 1 atom stereocenters. The van der Waals surface area contributed by atoms with E-state index < -0.39 is 0 Å². The van der Waals surface area contributed by atoms with Crippen molar-refractivity contribution in [2.24, 2.45) is 5.92 Å². The number of hydrogen-bond donors (Lipinski definition) is 2. The summed E-state index contributed by atoms with van der Waals surface area (Å²) < 4.78 is 11.2. The average Bonchev–Trinajstić information content (AvgIpc) is 3.61. The number of amides is 1. The lowest BCUT2D eigenvalue weighted by Crippen LogP contribution is -2.34. The largest absolute Gasteiger partial charge is 0.497 e. The summed E-state index contributed by atoms with van der Waals surface area (Å²) in [6.45, 7) is 4.59. The smallest absolute Gasteiger partial charge is 0.231 e. The van der Waals surface area contributed by atoms with Gasteiger partial charge in [0.1, 0.15) is 18.1 Å². The summed E-state index contributed by atoms with van der Waals surface area (Å²) in [5, 5.41) is 10.2. The highest BCUT2D eigenvalue weighted by molar-refractivity contribution is 5.97. The minimum atomic E-state index is -0.272. The van der Waals surface area contributed by atoms with Crippen molar-refractivity contribution in [1.29, 1.82) is 0 Å². The van der Waals surface area contributed by atoms with Crippen LogP contribution in [0.15, 0.2) is 48.8 Å². The number of hydrogen-bond acceptors (Lipinski definition) is 6. The molecule has 184 valence electrons. The van der Waals surface area contributed by atoms with Crippen molar-refractivity contribution in [2.75, 3.05) is 57.2 Å². The molecule has 0 aliphatic carbocycles. The molecule has 3 heterocycles. The van der Waals surface area contributed by atoms with Gasteiger partial charge in [0, 0.05) is 31.9 Å². The Morgan fingerprint density at radius 3 is 2.86 bits per heavy atom. The Morgan fingerprint density at radius 1 is 1.23 bits per heavy atom. The van der Waals surface area contributed by atoms with Crippen molar-refractivity contribution in [1.82, 2.24) is 15.1 Å². The number of anilines is 2. The molecule has 0 saturated carbocycles. The Labute approximate surface area is 206 Å². The Kier molecular flexibility index (Phi) is 6.90. The lowest BCUT2D eigenvalue weighted by molar-refractivity contribution is -0.121. The first-order valence-corrected chi connectivity index (χ1v) is 12.3. The standard InChI is InChI=1S/C27H33N5O3/c1-31(11-12-32-9-3-4-10-32)25-15-19(22-16-28-29-17-22)5-7-24(25)30-27(33)21-13-20-14-23(34-2)6-8-26(20)35-18-21/h5-8,14-17,21H,3-4,9-13,18H2,1-2H3,(H,28,29)(H,30,33). The van der Waals surface area contributed by atoms with Gasteiger partial charge in [-0.2, -0.15) is 5.10 Å². The molecule has 8 heteroatoms. The number of rotatable bonds is 8. The maximum Gasteiger partial charge on any atom is 0.231 e. The van der Waals surface area contributed by atoms with E-state index in [1.54, 1.807) is 7.11 Å². The molecule has 1 amide bonds. The van der Waals surface area contributed by atoms with Crippen LogP contribution in [0.3, 0.4) is 0 Å². The molecule has 0 radical (unpaired) electrons. The summed E-state index contributed by atoms with van der Waals surface area (Å²) in [5.41, 5.74) is 4.87. The number of likely N-dealkylation sites (tertiary alicyclic amines) is 1. The quantitative estimate of drug-likeness (QED) is 0.516. The number of aromatic nitrogens is 2.